The van der Waals surface area contributed by atoms with Crippen molar-refractivity contribution in [1.82, 2.24) is 4.98 Å². The molecule has 1 saturated carbocycles. The van der Waals surface area contributed by atoms with E-state index in [1.54, 1.807) is 6.20 Å². The number of hydrogen-bond acceptors (Lipinski definition) is 3. The predicted octanol–water partition coefficient (Wildman–Crippen LogP) is 3.28. The minimum absolute atomic E-state index is 0.734. The van der Waals surface area contributed by atoms with E-state index >= 15 is 0 Å². The quantitative estimate of drug-likeness (QED) is 0.808. The van der Waals surface area contributed by atoms with Crippen LogP contribution in [-0.4, -0.2) is 11.5 Å². The topological polar surface area (TPSA) is 50.9 Å². The third-order valence-electron chi connectivity index (χ3n) is 3.90. The summed E-state index contributed by atoms with van der Waals surface area (Å²) in [5.74, 6) is 1.65. The molecule has 0 radical (unpaired) electrons. The molecule has 18 heavy (non-hydrogen) atoms. The molecule has 1 heterocycles. The summed E-state index contributed by atoms with van der Waals surface area (Å²) < 4.78 is 0. The Bertz CT molecular complexity index is 561. The number of nitrogens with two attached hydrogens (primary N) is 1. The van der Waals surface area contributed by atoms with Crippen molar-refractivity contribution in [1.29, 1.82) is 0 Å². The molecule has 0 spiro atoms. The van der Waals surface area contributed by atoms with Crippen molar-refractivity contribution in [3.63, 3.8) is 0 Å². The summed E-state index contributed by atoms with van der Waals surface area (Å²) in [7, 11) is 0. The molecule has 0 bridgehead atoms. The lowest BCUT2D eigenvalue weighted by Crippen LogP contribution is -2.13. The van der Waals surface area contributed by atoms with E-state index in [0.29, 0.717) is 0 Å². The minimum atomic E-state index is 0.734. The zero-order valence-electron chi connectivity index (χ0n) is 10.7. The van der Waals surface area contributed by atoms with Crippen molar-refractivity contribution >= 4 is 22.1 Å². The Balaban J connectivity index is 1.81. The Hall–Kier alpha value is -1.77. The van der Waals surface area contributed by atoms with Crippen LogP contribution in [0.2, 0.25) is 0 Å². The molecule has 1 aromatic carbocycles. The molecule has 1 aromatic heterocycles. The molecule has 0 aliphatic heterocycles. The Morgan fingerprint density at radius 3 is 3.00 bits per heavy atom. The number of anilines is 2. The lowest BCUT2D eigenvalue weighted by atomic mass is 10.1. The SMILES string of the molecule is CC(CNc1ccc2cnccc2c1N)C1CC1. The second-order valence-corrected chi connectivity index (χ2v) is 5.32. The van der Waals surface area contributed by atoms with E-state index in [9.17, 15) is 0 Å². The normalized spacial score (nSPS) is 16.7. The number of nitrogen functional groups attached to an aromatic ring is 1. The van der Waals surface area contributed by atoms with E-state index in [-0.39, 0.29) is 0 Å². The van der Waals surface area contributed by atoms with Gasteiger partial charge in [0.25, 0.3) is 0 Å². The summed E-state index contributed by atoms with van der Waals surface area (Å²) in [6.45, 7) is 3.32. The fraction of sp³-hybridized carbons (Fsp3) is 0.400. The highest BCUT2D eigenvalue weighted by atomic mass is 14.9. The van der Waals surface area contributed by atoms with Gasteiger partial charge >= 0.3 is 0 Å². The van der Waals surface area contributed by atoms with Crippen molar-refractivity contribution in [3.8, 4) is 0 Å². The van der Waals surface area contributed by atoms with Gasteiger partial charge in [0.15, 0.2) is 0 Å². The van der Waals surface area contributed by atoms with Gasteiger partial charge < -0.3 is 11.1 Å². The lowest BCUT2D eigenvalue weighted by Gasteiger charge is -2.15. The number of hydrogen-bond donors (Lipinski definition) is 2. The zero-order chi connectivity index (χ0) is 12.5. The van der Waals surface area contributed by atoms with Crippen LogP contribution >= 0.6 is 0 Å². The van der Waals surface area contributed by atoms with Crippen LogP contribution in [0.25, 0.3) is 10.8 Å². The molecule has 1 aliphatic carbocycles. The first kappa shape index (κ1) is 11.3. The lowest BCUT2D eigenvalue weighted by molar-refractivity contribution is 0.537. The van der Waals surface area contributed by atoms with E-state index in [0.717, 1.165) is 40.5 Å². The predicted molar refractivity (Wildman–Crippen MR) is 76.5 cm³/mol. The Labute approximate surface area is 107 Å². The molecule has 1 unspecified atom stereocenters. The van der Waals surface area contributed by atoms with Crippen LogP contribution in [0.4, 0.5) is 11.4 Å². The molecule has 3 nitrogen and oxygen atoms in total. The van der Waals surface area contributed by atoms with E-state index in [2.05, 4.69) is 29.4 Å². The summed E-state index contributed by atoms with van der Waals surface area (Å²) in [6, 6.07) is 6.10. The third kappa shape index (κ3) is 2.13. The fourth-order valence-electron chi connectivity index (χ4n) is 2.45. The molecule has 1 atom stereocenters. The van der Waals surface area contributed by atoms with Crippen molar-refractivity contribution in [2.45, 2.75) is 19.8 Å². The molecule has 0 amide bonds. The molecule has 1 aliphatic rings. The number of aromatic nitrogens is 1. The van der Waals surface area contributed by atoms with Crippen LogP contribution in [0.15, 0.2) is 30.6 Å². The number of nitrogens with zero attached hydrogens (tertiary/aromatic N) is 1. The fourth-order valence-corrected chi connectivity index (χ4v) is 2.45. The maximum Gasteiger partial charge on any atom is 0.0630 e. The van der Waals surface area contributed by atoms with Crippen LogP contribution in [0.3, 0.4) is 0 Å². The first-order valence-corrected chi connectivity index (χ1v) is 6.62. The largest absolute Gasteiger partial charge is 0.397 e. The highest BCUT2D eigenvalue weighted by molar-refractivity contribution is 5.98. The van der Waals surface area contributed by atoms with Crippen molar-refractivity contribution < 1.29 is 0 Å². The summed E-state index contributed by atoms with van der Waals surface area (Å²) in [6.07, 6.45) is 6.42. The van der Waals surface area contributed by atoms with Gasteiger partial charge in [0.05, 0.1) is 11.4 Å². The van der Waals surface area contributed by atoms with E-state index in [1.807, 2.05) is 12.3 Å². The molecule has 0 saturated heterocycles. The molecular weight excluding hydrogens is 222 g/mol. The minimum Gasteiger partial charge on any atom is -0.397 e. The van der Waals surface area contributed by atoms with Gasteiger partial charge in [-0.1, -0.05) is 13.0 Å². The maximum atomic E-state index is 6.21. The van der Waals surface area contributed by atoms with Crippen molar-refractivity contribution in [3.05, 3.63) is 30.6 Å². The van der Waals surface area contributed by atoms with Gasteiger partial charge in [-0.3, -0.25) is 4.98 Å². The van der Waals surface area contributed by atoms with E-state index in [4.69, 9.17) is 5.73 Å². The van der Waals surface area contributed by atoms with Gasteiger partial charge in [0.2, 0.25) is 0 Å². The van der Waals surface area contributed by atoms with Crippen LogP contribution in [0.5, 0.6) is 0 Å². The summed E-state index contributed by atoms with van der Waals surface area (Å²) >= 11 is 0. The summed E-state index contributed by atoms with van der Waals surface area (Å²) in [5, 5.41) is 5.65. The molecule has 3 N–H and O–H groups in total. The first-order chi connectivity index (χ1) is 8.75. The number of fused-ring (bicyclic) bond motifs is 1. The number of rotatable bonds is 4. The maximum absolute atomic E-state index is 6.21. The average Bonchev–Trinajstić information content (AvgIpc) is 3.22. The van der Waals surface area contributed by atoms with Gasteiger partial charge in [0.1, 0.15) is 0 Å². The highest BCUT2D eigenvalue weighted by Gasteiger charge is 2.27. The Morgan fingerprint density at radius 2 is 2.22 bits per heavy atom. The average molecular weight is 241 g/mol. The van der Waals surface area contributed by atoms with Crippen LogP contribution < -0.4 is 11.1 Å². The molecule has 3 rings (SSSR count). The van der Waals surface area contributed by atoms with E-state index < -0.39 is 0 Å². The monoisotopic (exact) mass is 241 g/mol. The van der Waals surface area contributed by atoms with Crippen molar-refractivity contribution in [2.24, 2.45) is 11.8 Å². The smallest absolute Gasteiger partial charge is 0.0630 e. The number of pyridine rings is 1. The number of benzene rings is 1. The second-order valence-electron chi connectivity index (χ2n) is 5.32. The first-order valence-electron chi connectivity index (χ1n) is 6.62. The zero-order valence-corrected chi connectivity index (χ0v) is 10.7. The van der Waals surface area contributed by atoms with Crippen LogP contribution in [0.1, 0.15) is 19.8 Å². The van der Waals surface area contributed by atoms with Gasteiger partial charge in [-0.25, -0.2) is 0 Å². The molecule has 3 heteroatoms. The molecule has 2 aromatic rings. The third-order valence-corrected chi connectivity index (χ3v) is 3.90. The van der Waals surface area contributed by atoms with Gasteiger partial charge in [-0.2, -0.15) is 0 Å². The van der Waals surface area contributed by atoms with Crippen LogP contribution in [0, 0.1) is 11.8 Å². The van der Waals surface area contributed by atoms with Gasteiger partial charge in [0, 0.05) is 29.7 Å². The molecule has 94 valence electrons. The number of nitrogens with one attached hydrogen (secondary N) is 1. The molecular formula is C15H19N3. The summed E-state index contributed by atoms with van der Waals surface area (Å²) in [5.41, 5.74) is 8.08. The van der Waals surface area contributed by atoms with Gasteiger partial charge in [-0.05, 0) is 36.8 Å². The highest BCUT2D eigenvalue weighted by Crippen LogP contribution is 2.37. The Kier molecular flexibility index (Phi) is 2.82. The van der Waals surface area contributed by atoms with Crippen molar-refractivity contribution in [2.75, 3.05) is 17.6 Å². The Morgan fingerprint density at radius 1 is 1.39 bits per heavy atom. The van der Waals surface area contributed by atoms with Gasteiger partial charge in [-0.15, -0.1) is 0 Å². The van der Waals surface area contributed by atoms with Crippen LogP contribution in [-0.2, 0) is 0 Å². The second kappa shape index (κ2) is 4.48. The summed E-state index contributed by atoms with van der Waals surface area (Å²) in [4.78, 5) is 4.11. The standard InChI is InChI=1S/C15H19N3/c1-10(11-2-3-11)8-18-14-5-4-12-9-17-7-6-13(12)15(14)16/h4-7,9-11,18H,2-3,8,16H2,1H3. The van der Waals surface area contributed by atoms with E-state index in [1.165, 1.54) is 12.8 Å². The molecule has 1 fully saturated rings.